The van der Waals surface area contributed by atoms with Crippen molar-refractivity contribution in [3.8, 4) is 0 Å². The number of unbranched alkanes of at least 4 members (excludes halogenated alkanes) is 1. The van der Waals surface area contributed by atoms with Crippen molar-refractivity contribution in [3.63, 3.8) is 0 Å². The van der Waals surface area contributed by atoms with Gasteiger partial charge in [0.05, 0.1) is 0 Å². The number of halogens is 1. The zero-order chi connectivity index (χ0) is 12.3. The third kappa shape index (κ3) is 2.97. The Balaban J connectivity index is 1.99. The van der Waals surface area contributed by atoms with Gasteiger partial charge in [-0.15, -0.1) is 0 Å². The van der Waals surface area contributed by atoms with E-state index in [1.165, 1.54) is 18.4 Å². The summed E-state index contributed by atoms with van der Waals surface area (Å²) in [7, 11) is 0. The summed E-state index contributed by atoms with van der Waals surface area (Å²) < 4.78 is 13.2. The first kappa shape index (κ1) is 12.4. The van der Waals surface area contributed by atoms with Crippen molar-refractivity contribution in [2.75, 3.05) is 18.0 Å². The highest BCUT2D eigenvalue weighted by Crippen LogP contribution is 2.28. The monoisotopic (exact) mass is 236 g/mol. The summed E-state index contributed by atoms with van der Waals surface area (Å²) in [6.45, 7) is 3.99. The van der Waals surface area contributed by atoms with Gasteiger partial charge >= 0.3 is 0 Å². The molecule has 1 aliphatic rings. The number of nitrogens with two attached hydrogens (primary N) is 1. The number of hydrogen-bond acceptors (Lipinski definition) is 2. The number of hydrogen-bond donors (Lipinski definition) is 1. The molecule has 94 valence electrons. The highest BCUT2D eigenvalue weighted by Gasteiger charge is 2.20. The minimum atomic E-state index is -0.155. The van der Waals surface area contributed by atoms with Crippen molar-refractivity contribution < 1.29 is 4.39 Å². The van der Waals surface area contributed by atoms with Crippen LogP contribution in [0.2, 0.25) is 0 Å². The van der Waals surface area contributed by atoms with Crippen LogP contribution in [0.3, 0.4) is 0 Å². The zero-order valence-corrected chi connectivity index (χ0v) is 10.5. The van der Waals surface area contributed by atoms with Crippen LogP contribution in [0.15, 0.2) is 18.2 Å². The lowest BCUT2D eigenvalue weighted by atomic mass is 10.1. The molecule has 1 aromatic rings. The molecule has 0 spiro atoms. The summed E-state index contributed by atoms with van der Waals surface area (Å²) in [5.41, 5.74) is 8.38. The maximum absolute atomic E-state index is 13.2. The summed E-state index contributed by atoms with van der Waals surface area (Å²) in [4.78, 5) is 2.22. The molecular formula is C14H21FN2. The number of anilines is 1. The summed E-state index contributed by atoms with van der Waals surface area (Å²) in [6.07, 6.45) is 4.41. The molecule has 1 atom stereocenters. The van der Waals surface area contributed by atoms with Gasteiger partial charge in [0.25, 0.3) is 0 Å². The van der Waals surface area contributed by atoms with E-state index in [1.807, 2.05) is 6.07 Å². The fraction of sp³-hybridized carbons (Fsp3) is 0.571. The standard InChI is InChI=1S/C14H21FN2/c1-2-3-4-13(16)10-17-8-7-11-5-6-12(15)9-14(11)17/h5-6,9,13H,2-4,7-8,10,16H2,1H3. The van der Waals surface area contributed by atoms with E-state index < -0.39 is 0 Å². The lowest BCUT2D eigenvalue weighted by Crippen LogP contribution is -2.36. The van der Waals surface area contributed by atoms with Crippen LogP contribution >= 0.6 is 0 Å². The molecule has 0 fully saturated rings. The van der Waals surface area contributed by atoms with E-state index >= 15 is 0 Å². The first-order valence-electron chi connectivity index (χ1n) is 6.49. The Morgan fingerprint density at radius 3 is 3.06 bits per heavy atom. The van der Waals surface area contributed by atoms with E-state index in [4.69, 9.17) is 5.73 Å². The van der Waals surface area contributed by atoms with Crippen LogP contribution in [0, 0.1) is 5.82 Å². The van der Waals surface area contributed by atoms with Gasteiger partial charge in [-0.25, -0.2) is 4.39 Å². The molecule has 0 amide bonds. The molecule has 0 radical (unpaired) electrons. The molecule has 1 heterocycles. The van der Waals surface area contributed by atoms with Gasteiger partial charge in [0.15, 0.2) is 0 Å². The smallest absolute Gasteiger partial charge is 0.125 e. The summed E-state index contributed by atoms with van der Waals surface area (Å²) in [5.74, 6) is -0.155. The van der Waals surface area contributed by atoms with Crippen molar-refractivity contribution in [1.29, 1.82) is 0 Å². The van der Waals surface area contributed by atoms with Gasteiger partial charge in [-0.3, -0.25) is 0 Å². The molecule has 3 heteroatoms. The molecule has 0 bridgehead atoms. The van der Waals surface area contributed by atoms with Gasteiger partial charge < -0.3 is 10.6 Å². The lowest BCUT2D eigenvalue weighted by molar-refractivity contribution is 0.565. The van der Waals surface area contributed by atoms with Crippen LogP contribution in [-0.2, 0) is 6.42 Å². The normalized spacial score (nSPS) is 16.1. The van der Waals surface area contributed by atoms with Crippen molar-refractivity contribution in [1.82, 2.24) is 0 Å². The number of fused-ring (bicyclic) bond motifs is 1. The van der Waals surface area contributed by atoms with Gasteiger partial charge in [-0.1, -0.05) is 25.8 Å². The van der Waals surface area contributed by atoms with E-state index in [0.29, 0.717) is 0 Å². The second-order valence-electron chi connectivity index (χ2n) is 4.87. The molecule has 1 aromatic carbocycles. The second-order valence-corrected chi connectivity index (χ2v) is 4.87. The fourth-order valence-electron chi connectivity index (χ4n) is 2.45. The molecule has 17 heavy (non-hydrogen) atoms. The molecule has 0 aliphatic carbocycles. The third-order valence-corrected chi connectivity index (χ3v) is 3.42. The first-order chi connectivity index (χ1) is 8.20. The highest BCUT2D eigenvalue weighted by atomic mass is 19.1. The molecule has 0 saturated heterocycles. The van der Waals surface area contributed by atoms with Crippen molar-refractivity contribution >= 4 is 5.69 Å². The van der Waals surface area contributed by atoms with E-state index in [2.05, 4.69) is 11.8 Å². The Labute approximate surface area is 103 Å². The van der Waals surface area contributed by atoms with Crippen molar-refractivity contribution in [2.24, 2.45) is 5.73 Å². The maximum Gasteiger partial charge on any atom is 0.125 e. The Bertz CT molecular complexity index is 378. The molecule has 0 saturated carbocycles. The van der Waals surface area contributed by atoms with Crippen molar-refractivity contribution in [2.45, 2.75) is 38.6 Å². The van der Waals surface area contributed by atoms with Crippen LogP contribution in [0.25, 0.3) is 0 Å². The predicted octanol–water partition coefficient (Wildman–Crippen LogP) is 2.71. The Morgan fingerprint density at radius 1 is 1.47 bits per heavy atom. The van der Waals surface area contributed by atoms with Gasteiger partial charge in [-0.05, 0) is 30.5 Å². The van der Waals surface area contributed by atoms with Crippen molar-refractivity contribution in [3.05, 3.63) is 29.6 Å². The lowest BCUT2D eigenvalue weighted by Gasteiger charge is -2.23. The van der Waals surface area contributed by atoms with Crippen LogP contribution < -0.4 is 10.6 Å². The highest BCUT2D eigenvalue weighted by molar-refractivity contribution is 5.58. The average Bonchev–Trinajstić information content (AvgIpc) is 2.69. The number of nitrogens with zero attached hydrogens (tertiary/aromatic N) is 1. The van der Waals surface area contributed by atoms with Crippen LogP contribution in [0.1, 0.15) is 31.7 Å². The van der Waals surface area contributed by atoms with Crippen LogP contribution in [0.5, 0.6) is 0 Å². The van der Waals surface area contributed by atoms with E-state index in [-0.39, 0.29) is 11.9 Å². The predicted molar refractivity (Wildman–Crippen MR) is 69.8 cm³/mol. The van der Waals surface area contributed by atoms with Gasteiger partial charge in [0, 0.05) is 24.8 Å². The average molecular weight is 236 g/mol. The SMILES string of the molecule is CCCCC(N)CN1CCc2ccc(F)cc21. The minimum absolute atomic E-state index is 0.155. The van der Waals surface area contributed by atoms with E-state index in [1.54, 1.807) is 12.1 Å². The summed E-state index contributed by atoms with van der Waals surface area (Å²) in [5, 5.41) is 0. The Hall–Kier alpha value is -1.09. The molecule has 0 aromatic heterocycles. The Kier molecular flexibility index (Phi) is 4.00. The molecule has 2 rings (SSSR count). The topological polar surface area (TPSA) is 29.3 Å². The molecule has 2 nitrogen and oxygen atoms in total. The Morgan fingerprint density at radius 2 is 2.29 bits per heavy atom. The number of rotatable bonds is 5. The largest absolute Gasteiger partial charge is 0.369 e. The molecule has 1 unspecified atom stereocenters. The third-order valence-electron chi connectivity index (χ3n) is 3.42. The van der Waals surface area contributed by atoms with Crippen LogP contribution in [-0.4, -0.2) is 19.1 Å². The van der Waals surface area contributed by atoms with Gasteiger partial charge in [0.2, 0.25) is 0 Å². The van der Waals surface area contributed by atoms with Crippen LogP contribution in [0.4, 0.5) is 10.1 Å². The quantitative estimate of drug-likeness (QED) is 0.851. The fourth-order valence-corrected chi connectivity index (χ4v) is 2.45. The zero-order valence-electron chi connectivity index (χ0n) is 10.5. The second kappa shape index (κ2) is 5.50. The molecule has 2 N–H and O–H groups in total. The number of benzene rings is 1. The summed E-state index contributed by atoms with van der Waals surface area (Å²) >= 11 is 0. The van der Waals surface area contributed by atoms with E-state index in [9.17, 15) is 4.39 Å². The molecular weight excluding hydrogens is 215 g/mol. The first-order valence-corrected chi connectivity index (χ1v) is 6.49. The summed E-state index contributed by atoms with van der Waals surface area (Å²) in [6, 6.07) is 5.26. The van der Waals surface area contributed by atoms with Gasteiger partial charge in [-0.2, -0.15) is 0 Å². The molecule has 1 aliphatic heterocycles. The maximum atomic E-state index is 13.2. The minimum Gasteiger partial charge on any atom is -0.369 e. The van der Waals surface area contributed by atoms with E-state index in [0.717, 1.165) is 31.6 Å². The van der Waals surface area contributed by atoms with Gasteiger partial charge in [0.1, 0.15) is 5.82 Å².